The molecule has 6 heteroatoms. The van der Waals surface area contributed by atoms with Crippen molar-refractivity contribution in [2.24, 2.45) is 0 Å². The Bertz CT molecular complexity index is 608. The van der Waals surface area contributed by atoms with Crippen LogP contribution in [-0.2, 0) is 4.79 Å². The molecular weight excluding hydrogens is 314 g/mol. The molecule has 0 radical (unpaired) electrons. The summed E-state index contributed by atoms with van der Waals surface area (Å²) in [4.78, 5) is 10.9. The second-order valence-electron chi connectivity index (χ2n) is 4.06. The van der Waals surface area contributed by atoms with Crippen LogP contribution in [0.1, 0.15) is 12.7 Å². The lowest BCUT2D eigenvalue weighted by atomic mass is 10.1. The zero-order valence-electron chi connectivity index (χ0n) is 10.4. The van der Waals surface area contributed by atoms with E-state index in [9.17, 15) is 4.79 Å². The molecule has 19 heavy (non-hydrogen) atoms. The second-order valence-corrected chi connectivity index (χ2v) is 4.98. The van der Waals surface area contributed by atoms with Crippen molar-refractivity contribution in [2.75, 3.05) is 0 Å². The van der Waals surface area contributed by atoms with Gasteiger partial charge in [-0.2, -0.15) is 0 Å². The molecule has 0 fully saturated rings. The van der Waals surface area contributed by atoms with Crippen molar-refractivity contribution in [1.82, 2.24) is 5.16 Å². The second kappa shape index (κ2) is 5.44. The summed E-state index contributed by atoms with van der Waals surface area (Å²) < 4.78 is 11.3. The first kappa shape index (κ1) is 13.6. The zero-order valence-corrected chi connectivity index (χ0v) is 12.0. The molecule has 1 aromatic carbocycles. The van der Waals surface area contributed by atoms with Crippen LogP contribution in [0.25, 0.3) is 11.3 Å². The summed E-state index contributed by atoms with van der Waals surface area (Å²) in [5.74, 6) is 0.101. The molecule has 0 aliphatic heterocycles. The smallest absolute Gasteiger partial charge is 0.344 e. The van der Waals surface area contributed by atoms with Crippen LogP contribution in [0.15, 0.2) is 33.3 Å². The van der Waals surface area contributed by atoms with E-state index in [0.29, 0.717) is 22.8 Å². The van der Waals surface area contributed by atoms with Gasteiger partial charge in [0.2, 0.25) is 0 Å². The van der Waals surface area contributed by atoms with Gasteiger partial charge in [0, 0.05) is 16.1 Å². The van der Waals surface area contributed by atoms with Crippen molar-refractivity contribution >= 4 is 21.9 Å². The van der Waals surface area contributed by atoms with Crippen molar-refractivity contribution in [3.63, 3.8) is 0 Å². The Morgan fingerprint density at radius 2 is 2.21 bits per heavy atom. The molecule has 100 valence electrons. The highest BCUT2D eigenvalue weighted by atomic mass is 79.9. The minimum atomic E-state index is -1.02. The third-order valence-electron chi connectivity index (χ3n) is 2.50. The van der Waals surface area contributed by atoms with Gasteiger partial charge in [-0.1, -0.05) is 21.1 Å². The summed E-state index contributed by atoms with van der Waals surface area (Å²) in [5.41, 5.74) is 1.28. The lowest BCUT2D eigenvalue weighted by Gasteiger charge is -2.13. The predicted octanol–water partition coefficient (Wildman–Crippen LogP) is 3.26. The Morgan fingerprint density at radius 3 is 2.79 bits per heavy atom. The van der Waals surface area contributed by atoms with E-state index in [1.165, 1.54) is 6.92 Å². The number of nitrogens with zero attached hydrogens (tertiary/aromatic N) is 1. The van der Waals surface area contributed by atoms with Crippen LogP contribution in [-0.4, -0.2) is 22.3 Å². The van der Waals surface area contributed by atoms with Gasteiger partial charge in [0.05, 0.1) is 0 Å². The fourth-order valence-electron chi connectivity index (χ4n) is 1.54. The standard InChI is InChI=1S/C13H12BrNO4/c1-7-5-11(15-19-7)10-6-9(14)3-4-12(10)18-8(2)13(16)17/h3-6,8H,1-2H3,(H,16,17). The molecule has 1 aromatic heterocycles. The molecule has 2 aromatic rings. The Hall–Kier alpha value is -1.82. The summed E-state index contributed by atoms with van der Waals surface area (Å²) in [7, 11) is 0. The molecule has 1 atom stereocenters. The van der Waals surface area contributed by atoms with Crippen LogP contribution in [0.5, 0.6) is 5.75 Å². The van der Waals surface area contributed by atoms with Crippen LogP contribution in [0.3, 0.4) is 0 Å². The first-order valence-corrected chi connectivity index (χ1v) is 6.39. The van der Waals surface area contributed by atoms with Crippen LogP contribution in [0.2, 0.25) is 0 Å². The number of carbonyl (C=O) groups is 1. The van der Waals surface area contributed by atoms with E-state index in [4.69, 9.17) is 14.4 Å². The maximum Gasteiger partial charge on any atom is 0.344 e. The zero-order chi connectivity index (χ0) is 14.0. The first-order valence-electron chi connectivity index (χ1n) is 5.60. The molecule has 0 aliphatic carbocycles. The molecule has 1 N–H and O–H groups in total. The van der Waals surface area contributed by atoms with Gasteiger partial charge in [-0.25, -0.2) is 4.79 Å². The van der Waals surface area contributed by atoms with Crippen molar-refractivity contribution < 1.29 is 19.2 Å². The number of aliphatic carboxylic acids is 1. The summed E-state index contributed by atoms with van der Waals surface area (Å²) in [6, 6.07) is 7.05. The van der Waals surface area contributed by atoms with E-state index in [0.717, 1.165) is 4.47 Å². The van der Waals surface area contributed by atoms with E-state index in [2.05, 4.69) is 21.1 Å². The van der Waals surface area contributed by atoms with Gasteiger partial charge >= 0.3 is 5.97 Å². The number of carboxylic acid groups (broad SMARTS) is 1. The lowest BCUT2D eigenvalue weighted by Crippen LogP contribution is -2.23. The largest absolute Gasteiger partial charge is 0.479 e. The van der Waals surface area contributed by atoms with Crippen molar-refractivity contribution in [3.05, 3.63) is 34.5 Å². The third-order valence-corrected chi connectivity index (χ3v) is 2.99. The Labute approximate surface area is 118 Å². The van der Waals surface area contributed by atoms with Gasteiger partial charge in [0.25, 0.3) is 0 Å². The number of aromatic nitrogens is 1. The number of hydrogen-bond donors (Lipinski definition) is 1. The number of hydrogen-bond acceptors (Lipinski definition) is 4. The summed E-state index contributed by atoms with van der Waals surface area (Å²) in [6.45, 7) is 3.26. The number of carboxylic acids is 1. The van der Waals surface area contributed by atoms with Gasteiger partial charge in [0.1, 0.15) is 17.2 Å². The molecule has 0 aliphatic rings. The maximum absolute atomic E-state index is 10.9. The van der Waals surface area contributed by atoms with Crippen LogP contribution < -0.4 is 4.74 Å². The van der Waals surface area contributed by atoms with E-state index < -0.39 is 12.1 Å². The quantitative estimate of drug-likeness (QED) is 0.933. The fraction of sp³-hybridized carbons (Fsp3) is 0.231. The summed E-state index contributed by atoms with van der Waals surface area (Å²) in [5, 5.41) is 12.8. The van der Waals surface area contributed by atoms with E-state index in [-0.39, 0.29) is 0 Å². The van der Waals surface area contributed by atoms with Crippen molar-refractivity contribution in [1.29, 1.82) is 0 Å². The molecule has 5 nitrogen and oxygen atoms in total. The molecule has 0 saturated carbocycles. The maximum atomic E-state index is 10.9. The van der Waals surface area contributed by atoms with Gasteiger partial charge in [-0.3, -0.25) is 0 Å². The molecule has 0 bridgehead atoms. The molecule has 1 heterocycles. The molecular formula is C13H12BrNO4. The van der Waals surface area contributed by atoms with E-state index >= 15 is 0 Å². The number of benzene rings is 1. The average molecular weight is 326 g/mol. The molecule has 0 amide bonds. The molecule has 2 rings (SSSR count). The monoisotopic (exact) mass is 325 g/mol. The minimum absolute atomic E-state index is 0.450. The minimum Gasteiger partial charge on any atom is -0.479 e. The number of aryl methyl sites for hydroxylation is 1. The number of rotatable bonds is 4. The third kappa shape index (κ3) is 3.14. The predicted molar refractivity (Wildman–Crippen MR) is 72.1 cm³/mol. The number of ether oxygens (including phenoxy) is 1. The average Bonchev–Trinajstić information content (AvgIpc) is 2.77. The molecule has 0 spiro atoms. The van der Waals surface area contributed by atoms with E-state index in [1.807, 2.05) is 0 Å². The Balaban J connectivity index is 2.41. The van der Waals surface area contributed by atoms with Crippen molar-refractivity contribution in [3.8, 4) is 17.0 Å². The van der Waals surface area contributed by atoms with E-state index in [1.54, 1.807) is 31.2 Å². The first-order chi connectivity index (χ1) is 8.97. The highest BCUT2D eigenvalue weighted by Crippen LogP contribution is 2.33. The highest BCUT2D eigenvalue weighted by molar-refractivity contribution is 9.10. The van der Waals surface area contributed by atoms with Gasteiger partial charge in [0.15, 0.2) is 6.10 Å². The lowest BCUT2D eigenvalue weighted by molar-refractivity contribution is -0.144. The van der Waals surface area contributed by atoms with Crippen molar-refractivity contribution in [2.45, 2.75) is 20.0 Å². The van der Waals surface area contributed by atoms with Crippen LogP contribution in [0, 0.1) is 6.92 Å². The molecule has 1 unspecified atom stereocenters. The Kier molecular flexibility index (Phi) is 3.90. The fourth-order valence-corrected chi connectivity index (χ4v) is 1.90. The van der Waals surface area contributed by atoms with Crippen LogP contribution >= 0.6 is 15.9 Å². The number of halogens is 1. The van der Waals surface area contributed by atoms with Gasteiger partial charge < -0.3 is 14.4 Å². The highest BCUT2D eigenvalue weighted by Gasteiger charge is 2.17. The van der Waals surface area contributed by atoms with Crippen LogP contribution in [0.4, 0.5) is 0 Å². The normalized spacial score (nSPS) is 12.2. The summed E-state index contributed by atoms with van der Waals surface area (Å²) in [6.07, 6.45) is -0.937. The SMILES string of the molecule is Cc1cc(-c2cc(Br)ccc2OC(C)C(=O)O)no1. The molecule has 0 saturated heterocycles. The Morgan fingerprint density at radius 1 is 1.47 bits per heavy atom. The summed E-state index contributed by atoms with van der Waals surface area (Å²) >= 11 is 3.37. The van der Waals surface area contributed by atoms with Gasteiger partial charge in [-0.15, -0.1) is 0 Å². The topological polar surface area (TPSA) is 72.6 Å². The van der Waals surface area contributed by atoms with Gasteiger partial charge in [-0.05, 0) is 32.0 Å².